The van der Waals surface area contributed by atoms with E-state index in [2.05, 4.69) is 22.2 Å². The standard InChI is InChI=1S/C13H13ClN4O2/c1-2-9-4-3-5-15-12(9)8-17-13-11(14)6-10(7-16-13)18(19)20/h3-7H,2,8H2,1H3,(H,16,17). The molecule has 0 fully saturated rings. The van der Waals surface area contributed by atoms with Gasteiger partial charge in [0.2, 0.25) is 0 Å². The van der Waals surface area contributed by atoms with Crippen molar-refractivity contribution in [1.29, 1.82) is 0 Å². The van der Waals surface area contributed by atoms with E-state index in [1.807, 2.05) is 12.1 Å². The van der Waals surface area contributed by atoms with Crippen LogP contribution in [0.2, 0.25) is 5.02 Å². The number of nitrogens with zero attached hydrogens (tertiary/aromatic N) is 3. The number of anilines is 1. The van der Waals surface area contributed by atoms with Gasteiger partial charge in [-0.05, 0) is 18.1 Å². The number of halogens is 1. The molecule has 0 aliphatic heterocycles. The molecule has 0 aliphatic rings. The molecule has 0 atom stereocenters. The maximum absolute atomic E-state index is 10.6. The lowest BCUT2D eigenvalue weighted by Gasteiger charge is -2.09. The first-order valence-electron chi connectivity index (χ1n) is 6.08. The largest absolute Gasteiger partial charge is 0.363 e. The third-order valence-corrected chi connectivity index (χ3v) is 3.11. The van der Waals surface area contributed by atoms with E-state index in [1.54, 1.807) is 6.20 Å². The molecule has 6 nitrogen and oxygen atoms in total. The molecule has 20 heavy (non-hydrogen) atoms. The summed E-state index contributed by atoms with van der Waals surface area (Å²) in [6.45, 7) is 2.52. The van der Waals surface area contributed by atoms with E-state index in [0.29, 0.717) is 12.4 Å². The molecule has 0 saturated carbocycles. The Morgan fingerprint density at radius 1 is 1.45 bits per heavy atom. The van der Waals surface area contributed by atoms with Crippen LogP contribution < -0.4 is 5.32 Å². The quantitative estimate of drug-likeness (QED) is 0.676. The maximum Gasteiger partial charge on any atom is 0.289 e. The summed E-state index contributed by atoms with van der Waals surface area (Å²) in [5, 5.41) is 13.9. The number of nitro groups is 1. The van der Waals surface area contributed by atoms with E-state index in [1.165, 1.54) is 12.3 Å². The van der Waals surface area contributed by atoms with Crippen LogP contribution >= 0.6 is 11.6 Å². The summed E-state index contributed by atoms with van der Waals surface area (Å²) in [6.07, 6.45) is 3.78. The predicted octanol–water partition coefficient (Wildman–Crippen LogP) is 3.21. The first-order valence-corrected chi connectivity index (χ1v) is 6.46. The summed E-state index contributed by atoms with van der Waals surface area (Å²) in [4.78, 5) is 18.3. The lowest BCUT2D eigenvalue weighted by atomic mass is 10.1. The van der Waals surface area contributed by atoms with Crippen molar-refractivity contribution >= 4 is 23.1 Å². The van der Waals surface area contributed by atoms with Gasteiger partial charge in [-0.3, -0.25) is 15.1 Å². The average Bonchev–Trinajstić information content (AvgIpc) is 2.46. The van der Waals surface area contributed by atoms with Crippen LogP contribution in [0.1, 0.15) is 18.2 Å². The molecule has 104 valence electrons. The molecular formula is C13H13ClN4O2. The number of aryl methyl sites for hydroxylation is 1. The second kappa shape index (κ2) is 6.29. The Morgan fingerprint density at radius 3 is 2.90 bits per heavy atom. The molecule has 0 saturated heterocycles. The van der Waals surface area contributed by atoms with Gasteiger partial charge in [-0.25, -0.2) is 4.98 Å². The molecule has 2 heterocycles. The Morgan fingerprint density at radius 2 is 2.25 bits per heavy atom. The Labute approximate surface area is 121 Å². The molecule has 2 aromatic rings. The molecule has 0 spiro atoms. The number of rotatable bonds is 5. The number of aromatic nitrogens is 2. The summed E-state index contributed by atoms with van der Waals surface area (Å²) < 4.78 is 0. The molecule has 0 aromatic carbocycles. The van der Waals surface area contributed by atoms with Crippen LogP contribution in [0.5, 0.6) is 0 Å². The molecule has 2 aromatic heterocycles. The maximum atomic E-state index is 10.6. The molecule has 7 heteroatoms. The second-order valence-corrected chi connectivity index (χ2v) is 4.50. The summed E-state index contributed by atoms with van der Waals surface area (Å²) in [5.41, 5.74) is 1.91. The van der Waals surface area contributed by atoms with Crippen molar-refractivity contribution in [1.82, 2.24) is 9.97 Å². The van der Waals surface area contributed by atoms with Crippen molar-refractivity contribution in [3.63, 3.8) is 0 Å². The molecular weight excluding hydrogens is 280 g/mol. The molecule has 1 N–H and O–H groups in total. The second-order valence-electron chi connectivity index (χ2n) is 4.10. The number of nitrogens with one attached hydrogen (secondary N) is 1. The Hall–Kier alpha value is -2.21. The van der Waals surface area contributed by atoms with Gasteiger partial charge in [0.05, 0.1) is 22.2 Å². The predicted molar refractivity (Wildman–Crippen MR) is 76.8 cm³/mol. The van der Waals surface area contributed by atoms with Crippen molar-refractivity contribution in [3.05, 3.63) is 57.0 Å². The summed E-state index contributed by atoms with van der Waals surface area (Å²) in [6, 6.07) is 5.17. The lowest BCUT2D eigenvalue weighted by molar-refractivity contribution is -0.385. The zero-order valence-corrected chi connectivity index (χ0v) is 11.6. The highest BCUT2D eigenvalue weighted by Crippen LogP contribution is 2.24. The van der Waals surface area contributed by atoms with Crippen molar-refractivity contribution < 1.29 is 4.92 Å². The minimum atomic E-state index is -0.531. The molecule has 0 aliphatic carbocycles. The zero-order chi connectivity index (χ0) is 14.5. The monoisotopic (exact) mass is 292 g/mol. The highest BCUT2D eigenvalue weighted by Gasteiger charge is 2.11. The first kappa shape index (κ1) is 14.2. The number of pyridine rings is 2. The fourth-order valence-electron chi connectivity index (χ4n) is 1.78. The topological polar surface area (TPSA) is 81.0 Å². The Balaban J connectivity index is 2.13. The van der Waals surface area contributed by atoms with Gasteiger partial charge in [0.25, 0.3) is 5.69 Å². The van der Waals surface area contributed by atoms with Gasteiger partial charge in [0.15, 0.2) is 0 Å². The van der Waals surface area contributed by atoms with E-state index < -0.39 is 4.92 Å². The third kappa shape index (κ3) is 3.21. The van der Waals surface area contributed by atoms with Crippen LogP contribution in [0.3, 0.4) is 0 Å². The van der Waals surface area contributed by atoms with Gasteiger partial charge >= 0.3 is 0 Å². The van der Waals surface area contributed by atoms with Gasteiger partial charge < -0.3 is 5.32 Å². The van der Waals surface area contributed by atoms with E-state index in [-0.39, 0.29) is 10.7 Å². The average molecular weight is 293 g/mol. The summed E-state index contributed by atoms with van der Waals surface area (Å²) in [7, 11) is 0. The lowest BCUT2D eigenvalue weighted by Crippen LogP contribution is -2.06. The SMILES string of the molecule is CCc1cccnc1CNc1ncc([N+](=O)[O-])cc1Cl. The van der Waals surface area contributed by atoms with Crippen LogP contribution in [0.15, 0.2) is 30.6 Å². The highest BCUT2D eigenvalue weighted by atomic mass is 35.5. The van der Waals surface area contributed by atoms with Crippen molar-refractivity contribution in [2.75, 3.05) is 5.32 Å². The van der Waals surface area contributed by atoms with Gasteiger partial charge in [-0.1, -0.05) is 24.6 Å². The van der Waals surface area contributed by atoms with Crippen molar-refractivity contribution in [2.24, 2.45) is 0 Å². The highest BCUT2D eigenvalue weighted by molar-refractivity contribution is 6.33. The van der Waals surface area contributed by atoms with Crippen LogP contribution in [-0.2, 0) is 13.0 Å². The molecule has 2 rings (SSSR count). The number of hydrogen-bond donors (Lipinski definition) is 1. The van der Waals surface area contributed by atoms with Crippen LogP contribution in [0.25, 0.3) is 0 Å². The van der Waals surface area contributed by atoms with E-state index >= 15 is 0 Å². The Bertz CT molecular complexity index is 634. The smallest absolute Gasteiger partial charge is 0.289 e. The fourth-order valence-corrected chi connectivity index (χ4v) is 2.00. The van der Waals surface area contributed by atoms with E-state index in [0.717, 1.165) is 17.7 Å². The summed E-state index contributed by atoms with van der Waals surface area (Å²) in [5.74, 6) is 0.407. The first-order chi connectivity index (χ1) is 9.61. The fraction of sp³-hybridized carbons (Fsp3) is 0.231. The van der Waals surface area contributed by atoms with E-state index in [9.17, 15) is 10.1 Å². The molecule has 0 unspecified atom stereocenters. The third-order valence-electron chi connectivity index (χ3n) is 2.83. The minimum Gasteiger partial charge on any atom is -0.363 e. The van der Waals surface area contributed by atoms with Gasteiger partial charge in [0.1, 0.15) is 12.0 Å². The Kier molecular flexibility index (Phi) is 4.47. The normalized spacial score (nSPS) is 10.3. The van der Waals surface area contributed by atoms with Crippen LogP contribution in [0.4, 0.5) is 11.5 Å². The zero-order valence-electron chi connectivity index (χ0n) is 10.8. The van der Waals surface area contributed by atoms with Crippen molar-refractivity contribution in [3.8, 4) is 0 Å². The molecule has 0 radical (unpaired) electrons. The van der Waals surface area contributed by atoms with E-state index in [4.69, 9.17) is 11.6 Å². The summed E-state index contributed by atoms with van der Waals surface area (Å²) >= 11 is 5.96. The van der Waals surface area contributed by atoms with Crippen LogP contribution in [0, 0.1) is 10.1 Å². The van der Waals surface area contributed by atoms with Crippen LogP contribution in [-0.4, -0.2) is 14.9 Å². The minimum absolute atomic E-state index is 0.132. The van der Waals surface area contributed by atoms with Gasteiger partial charge in [-0.2, -0.15) is 0 Å². The number of hydrogen-bond acceptors (Lipinski definition) is 5. The molecule has 0 amide bonds. The van der Waals surface area contributed by atoms with Gasteiger partial charge in [-0.15, -0.1) is 0 Å². The van der Waals surface area contributed by atoms with Crippen molar-refractivity contribution in [2.45, 2.75) is 19.9 Å². The van der Waals surface area contributed by atoms with Gasteiger partial charge in [0, 0.05) is 12.3 Å². The molecule has 0 bridgehead atoms.